The number of piperidine rings is 2. The summed E-state index contributed by atoms with van der Waals surface area (Å²) < 4.78 is 5.63. The highest BCUT2D eigenvalue weighted by molar-refractivity contribution is 5.77. The number of nitrogens with zero attached hydrogens (tertiary/aromatic N) is 2. The van der Waals surface area contributed by atoms with E-state index in [2.05, 4.69) is 25.7 Å². The first-order chi connectivity index (χ1) is 10.5. The summed E-state index contributed by atoms with van der Waals surface area (Å²) in [5.41, 5.74) is 0.512. The lowest BCUT2D eigenvalue weighted by molar-refractivity contribution is -0.144. The van der Waals surface area contributed by atoms with Crippen LogP contribution in [0.4, 0.5) is 0 Å². The molecular formula is C19H36N2O2. The molecule has 0 aromatic rings. The maximum atomic E-state index is 12.3. The molecule has 2 aliphatic heterocycles. The third-order valence-electron chi connectivity index (χ3n) is 5.58. The predicted octanol–water partition coefficient (Wildman–Crippen LogP) is 3.30. The number of amides is 1. The SMILES string of the molecule is CC(C)(C)OCC(=O)N1CCC2(CC1)CCN(C(C)(C)C)CC2. The van der Waals surface area contributed by atoms with Crippen molar-refractivity contribution in [2.24, 2.45) is 5.41 Å². The summed E-state index contributed by atoms with van der Waals surface area (Å²) in [6, 6.07) is 0. The molecular weight excluding hydrogens is 288 g/mol. The van der Waals surface area contributed by atoms with Crippen molar-refractivity contribution in [3.63, 3.8) is 0 Å². The van der Waals surface area contributed by atoms with Crippen LogP contribution in [0.1, 0.15) is 67.2 Å². The van der Waals surface area contributed by atoms with E-state index >= 15 is 0 Å². The monoisotopic (exact) mass is 324 g/mol. The first-order valence-electron chi connectivity index (χ1n) is 9.18. The van der Waals surface area contributed by atoms with Gasteiger partial charge in [0, 0.05) is 18.6 Å². The van der Waals surface area contributed by atoms with Crippen molar-refractivity contribution in [3.05, 3.63) is 0 Å². The number of carbonyl (C=O) groups excluding carboxylic acids is 1. The highest BCUT2D eigenvalue weighted by Gasteiger charge is 2.40. The van der Waals surface area contributed by atoms with Gasteiger partial charge in [0.05, 0.1) is 5.60 Å². The van der Waals surface area contributed by atoms with Crippen LogP contribution < -0.4 is 0 Å². The molecule has 2 fully saturated rings. The van der Waals surface area contributed by atoms with Gasteiger partial charge in [0.15, 0.2) is 0 Å². The van der Waals surface area contributed by atoms with Gasteiger partial charge in [-0.1, -0.05) is 0 Å². The van der Waals surface area contributed by atoms with Gasteiger partial charge in [0.2, 0.25) is 5.91 Å². The molecule has 2 rings (SSSR count). The van der Waals surface area contributed by atoms with Crippen LogP contribution in [-0.4, -0.2) is 59.6 Å². The Kier molecular flexibility index (Phi) is 5.47. The average molecular weight is 325 g/mol. The molecule has 0 bridgehead atoms. The maximum Gasteiger partial charge on any atom is 0.248 e. The first kappa shape index (κ1) is 18.7. The highest BCUT2D eigenvalue weighted by Crippen LogP contribution is 2.42. The Labute approximate surface area is 142 Å². The van der Waals surface area contributed by atoms with Crippen LogP contribution in [0.5, 0.6) is 0 Å². The third-order valence-corrected chi connectivity index (χ3v) is 5.58. The number of carbonyl (C=O) groups is 1. The molecule has 134 valence electrons. The fourth-order valence-electron chi connectivity index (χ4n) is 3.75. The molecule has 0 N–H and O–H groups in total. The van der Waals surface area contributed by atoms with Crippen molar-refractivity contribution in [3.8, 4) is 0 Å². The fourth-order valence-corrected chi connectivity index (χ4v) is 3.75. The van der Waals surface area contributed by atoms with E-state index in [0.717, 1.165) is 25.9 Å². The molecule has 23 heavy (non-hydrogen) atoms. The minimum atomic E-state index is -0.244. The Hall–Kier alpha value is -0.610. The standard InChI is InChI=1S/C19H36N2O2/c1-17(2,3)21-13-9-19(10-14-21)7-11-20(12-8-19)16(22)15-23-18(4,5)6/h7-15H2,1-6H3. The molecule has 0 aliphatic carbocycles. The Bertz CT molecular complexity index is 402. The van der Waals surface area contributed by atoms with Gasteiger partial charge >= 0.3 is 0 Å². The van der Waals surface area contributed by atoms with Crippen molar-refractivity contribution in [1.29, 1.82) is 0 Å². The Morgan fingerprint density at radius 1 is 0.913 bits per heavy atom. The van der Waals surface area contributed by atoms with E-state index in [4.69, 9.17) is 4.74 Å². The van der Waals surface area contributed by atoms with Gasteiger partial charge in [-0.25, -0.2) is 0 Å². The number of rotatable bonds is 2. The van der Waals surface area contributed by atoms with E-state index in [1.54, 1.807) is 0 Å². The minimum absolute atomic E-state index is 0.155. The molecule has 2 heterocycles. The molecule has 0 aromatic carbocycles. The van der Waals surface area contributed by atoms with Gasteiger partial charge in [-0.2, -0.15) is 0 Å². The predicted molar refractivity (Wildman–Crippen MR) is 94.5 cm³/mol. The van der Waals surface area contributed by atoms with Crippen LogP contribution in [0.2, 0.25) is 0 Å². The summed E-state index contributed by atoms with van der Waals surface area (Å²) in [6.45, 7) is 17.3. The van der Waals surface area contributed by atoms with Crippen LogP contribution in [0.15, 0.2) is 0 Å². The smallest absolute Gasteiger partial charge is 0.248 e. The van der Waals surface area contributed by atoms with Crippen LogP contribution in [0.25, 0.3) is 0 Å². The molecule has 0 radical (unpaired) electrons. The van der Waals surface area contributed by atoms with Crippen molar-refractivity contribution in [2.75, 3.05) is 32.8 Å². The molecule has 4 nitrogen and oxygen atoms in total. The van der Waals surface area contributed by atoms with Gasteiger partial charge in [-0.3, -0.25) is 9.69 Å². The lowest BCUT2D eigenvalue weighted by Gasteiger charge is -2.49. The van der Waals surface area contributed by atoms with E-state index in [0.29, 0.717) is 5.41 Å². The first-order valence-corrected chi connectivity index (χ1v) is 9.18. The van der Waals surface area contributed by atoms with Crippen LogP contribution in [-0.2, 0) is 9.53 Å². The Morgan fingerprint density at radius 3 is 1.83 bits per heavy atom. The quantitative estimate of drug-likeness (QED) is 0.781. The van der Waals surface area contributed by atoms with Crippen LogP contribution in [0.3, 0.4) is 0 Å². The summed E-state index contributed by atoms with van der Waals surface area (Å²) in [7, 11) is 0. The Morgan fingerprint density at radius 2 is 1.39 bits per heavy atom. The second-order valence-corrected chi connectivity index (χ2v) is 9.44. The normalized spacial score (nSPS) is 23.3. The zero-order valence-corrected chi connectivity index (χ0v) is 16.1. The molecule has 4 heteroatoms. The Balaban J connectivity index is 1.79. The molecule has 0 aromatic heterocycles. The van der Waals surface area contributed by atoms with Gasteiger partial charge in [0.1, 0.15) is 6.61 Å². The molecule has 1 spiro atoms. The number of hydrogen-bond acceptors (Lipinski definition) is 3. The van der Waals surface area contributed by atoms with Gasteiger partial charge < -0.3 is 9.64 Å². The summed E-state index contributed by atoms with van der Waals surface area (Å²) in [4.78, 5) is 16.9. The van der Waals surface area contributed by atoms with Gasteiger partial charge in [-0.15, -0.1) is 0 Å². The van der Waals surface area contributed by atoms with E-state index in [-0.39, 0.29) is 23.7 Å². The lowest BCUT2D eigenvalue weighted by atomic mass is 9.70. The molecule has 1 amide bonds. The van der Waals surface area contributed by atoms with Crippen molar-refractivity contribution < 1.29 is 9.53 Å². The van der Waals surface area contributed by atoms with E-state index in [9.17, 15) is 4.79 Å². The lowest BCUT2D eigenvalue weighted by Crippen LogP contribution is -2.52. The zero-order chi connectivity index (χ0) is 17.3. The summed E-state index contributed by atoms with van der Waals surface area (Å²) in [5.74, 6) is 0.155. The van der Waals surface area contributed by atoms with E-state index in [1.165, 1.54) is 25.9 Å². The largest absolute Gasteiger partial charge is 0.366 e. The summed E-state index contributed by atoms with van der Waals surface area (Å²) in [5, 5.41) is 0. The van der Waals surface area contributed by atoms with Gasteiger partial charge in [0.25, 0.3) is 0 Å². The van der Waals surface area contributed by atoms with E-state index in [1.807, 2.05) is 25.7 Å². The van der Waals surface area contributed by atoms with Gasteiger partial charge in [-0.05, 0) is 85.7 Å². The molecule has 0 saturated carbocycles. The molecule has 2 aliphatic rings. The van der Waals surface area contributed by atoms with Crippen molar-refractivity contribution in [2.45, 2.75) is 78.4 Å². The number of likely N-dealkylation sites (tertiary alicyclic amines) is 2. The zero-order valence-electron chi connectivity index (χ0n) is 16.1. The minimum Gasteiger partial charge on any atom is -0.366 e. The van der Waals surface area contributed by atoms with Crippen molar-refractivity contribution in [1.82, 2.24) is 9.80 Å². The third kappa shape index (κ3) is 5.18. The molecule has 2 saturated heterocycles. The fraction of sp³-hybridized carbons (Fsp3) is 0.947. The van der Waals surface area contributed by atoms with Crippen LogP contribution in [0, 0.1) is 5.41 Å². The number of hydrogen-bond donors (Lipinski definition) is 0. The average Bonchev–Trinajstić information content (AvgIpc) is 2.44. The summed E-state index contributed by atoms with van der Waals surface area (Å²) >= 11 is 0. The second kappa shape index (κ2) is 6.72. The second-order valence-electron chi connectivity index (χ2n) is 9.44. The highest BCUT2D eigenvalue weighted by atomic mass is 16.5. The number of ether oxygens (including phenoxy) is 1. The summed E-state index contributed by atoms with van der Waals surface area (Å²) in [6.07, 6.45) is 4.88. The van der Waals surface area contributed by atoms with E-state index < -0.39 is 0 Å². The van der Waals surface area contributed by atoms with Crippen molar-refractivity contribution >= 4 is 5.91 Å². The van der Waals surface area contributed by atoms with Crippen LogP contribution >= 0.6 is 0 Å². The topological polar surface area (TPSA) is 32.8 Å². The maximum absolute atomic E-state index is 12.3. The molecule has 0 atom stereocenters. The molecule has 0 unspecified atom stereocenters.